The second-order valence-electron chi connectivity index (χ2n) is 11.2. The third-order valence-electron chi connectivity index (χ3n) is 7.15. The first-order chi connectivity index (χ1) is 19.7. The lowest BCUT2D eigenvalue weighted by Gasteiger charge is -2.22. The van der Waals surface area contributed by atoms with Crippen LogP contribution in [0.5, 0.6) is 0 Å². The van der Waals surface area contributed by atoms with E-state index in [4.69, 9.17) is 0 Å². The lowest BCUT2D eigenvalue weighted by atomic mass is 10.1. The van der Waals surface area contributed by atoms with Crippen LogP contribution in [0.1, 0.15) is 142 Å². The molecule has 3 atom stereocenters. The number of carbonyl (C=O) groups excluding carboxylic acids is 1. The van der Waals surface area contributed by atoms with Crippen LogP contribution in [0.2, 0.25) is 0 Å². The number of hydrogen-bond donors (Lipinski definition) is 4. The Morgan fingerprint density at radius 3 is 1.68 bits per heavy atom. The van der Waals surface area contributed by atoms with Crippen molar-refractivity contribution in [3.8, 4) is 0 Å². The Morgan fingerprint density at radius 2 is 1.12 bits per heavy atom. The maximum Gasteiger partial charge on any atom is 0.267 e. The number of nitrogens with one attached hydrogen (secondary N) is 1. The smallest absolute Gasteiger partial charge is 0.267 e. The number of aliphatic hydroxyl groups excluding tert-OH is 2. The molecule has 0 saturated heterocycles. The summed E-state index contributed by atoms with van der Waals surface area (Å²) in [5.41, 5.74) is 0. The highest BCUT2D eigenvalue weighted by Crippen LogP contribution is 2.11. The van der Waals surface area contributed by atoms with E-state index in [2.05, 4.69) is 43.5 Å². The summed E-state index contributed by atoms with van der Waals surface area (Å²) < 4.78 is 32.2. The van der Waals surface area contributed by atoms with Crippen molar-refractivity contribution < 1.29 is 28.0 Å². The molecule has 0 fully saturated rings. The molecule has 0 saturated carbocycles. The minimum Gasteiger partial charge on any atom is -0.387 e. The van der Waals surface area contributed by atoms with Crippen molar-refractivity contribution >= 4 is 16.0 Å². The van der Waals surface area contributed by atoms with Crippen molar-refractivity contribution in [2.45, 2.75) is 161 Å². The van der Waals surface area contributed by atoms with Crippen LogP contribution >= 0.6 is 0 Å². The van der Waals surface area contributed by atoms with Gasteiger partial charge in [-0.1, -0.05) is 127 Å². The van der Waals surface area contributed by atoms with Gasteiger partial charge in [-0.2, -0.15) is 8.42 Å². The normalized spacial score (nSPS) is 14.8. The maximum atomic E-state index is 12.4. The first-order valence-electron chi connectivity index (χ1n) is 16.3. The molecule has 0 aromatic carbocycles. The van der Waals surface area contributed by atoms with Crippen LogP contribution in [0.25, 0.3) is 0 Å². The topological polar surface area (TPSA) is 124 Å². The monoisotopic (exact) mass is 599 g/mol. The first-order valence-corrected chi connectivity index (χ1v) is 17.9. The van der Waals surface area contributed by atoms with Gasteiger partial charge < -0.3 is 15.5 Å². The maximum absolute atomic E-state index is 12.4. The van der Waals surface area contributed by atoms with Crippen LogP contribution < -0.4 is 5.32 Å². The van der Waals surface area contributed by atoms with Gasteiger partial charge in [-0.3, -0.25) is 9.35 Å². The molecule has 240 valence electrons. The van der Waals surface area contributed by atoms with Gasteiger partial charge in [0.1, 0.15) is 6.10 Å². The van der Waals surface area contributed by atoms with Gasteiger partial charge in [-0.15, -0.1) is 0 Å². The van der Waals surface area contributed by atoms with Crippen molar-refractivity contribution in [3.63, 3.8) is 0 Å². The van der Waals surface area contributed by atoms with E-state index in [-0.39, 0.29) is 6.42 Å². The van der Waals surface area contributed by atoms with E-state index in [0.717, 1.165) is 44.9 Å². The van der Waals surface area contributed by atoms with Gasteiger partial charge in [0.2, 0.25) is 5.91 Å². The minimum absolute atomic E-state index is 0.258. The van der Waals surface area contributed by atoms with E-state index < -0.39 is 40.0 Å². The van der Waals surface area contributed by atoms with Crippen molar-refractivity contribution in [2.75, 3.05) is 5.75 Å². The van der Waals surface area contributed by atoms with Crippen LogP contribution in [-0.2, 0) is 14.9 Å². The average Bonchev–Trinajstić information content (AvgIpc) is 2.92. The highest BCUT2D eigenvalue weighted by atomic mass is 32.2. The second-order valence-corrected chi connectivity index (χ2v) is 12.7. The molecule has 0 rings (SSSR count). The Balaban J connectivity index is 4.30. The molecule has 0 aliphatic carbocycles. The fraction of sp³-hybridized carbons (Fsp3) is 0.788. The van der Waals surface area contributed by atoms with Crippen LogP contribution in [0.3, 0.4) is 0 Å². The van der Waals surface area contributed by atoms with Crippen molar-refractivity contribution in [1.82, 2.24) is 5.32 Å². The highest BCUT2D eigenvalue weighted by Gasteiger charge is 2.27. The van der Waals surface area contributed by atoms with E-state index in [1.165, 1.54) is 70.3 Å². The molecule has 41 heavy (non-hydrogen) atoms. The van der Waals surface area contributed by atoms with E-state index in [1.807, 2.05) is 0 Å². The zero-order chi connectivity index (χ0) is 30.6. The van der Waals surface area contributed by atoms with Gasteiger partial charge in [0, 0.05) is 0 Å². The number of hydrogen-bond acceptors (Lipinski definition) is 5. The molecule has 0 aromatic rings. The Labute approximate surface area is 251 Å². The van der Waals surface area contributed by atoms with E-state index in [0.29, 0.717) is 12.8 Å². The summed E-state index contributed by atoms with van der Waals surface area (Å²) >= 11 is 0. The first kappa shape index (κ1) is 39.5. The van der Waals surface area contributed by atoms with Gasteiger partial charge in [0.05, 0.1) is 17.9 Å². The molecule has 0 bridgehead atoms. The minimum atomic E-state index is -4.44. The summed E-state index contributed by atoms with van der Waals surface area (Å²) in [4.78, 5) is 12.4. The van der Waals surface area contributed by atoms with Crippen molar-refractivity contribution in [1.29, 1.82) is 0 Å². The molecular formula is C33H61NO6S. The predicted molar refractivity (Wildman–Crippen MR) is 171 cm³/mol. The fourth-order valence-electron chi connectivity index (χ4n) is 4.57. The molecule has 0 aliphatic rings. The molecule has 4 N–H and O–H groups in total. The number of rotatable bonds is 28. The lowest BCUT2D eigenvalue weighted by Crippen LogP contribution is -2.50. The molecule has 0 radical (unpaired) electrons. The molecule has 0 aromatic heterocycles. The SMILES string of the molecule is CCCC/C=C\CCCCCCC(O)C(=O)NC(CS(=O)(=O)O)C(O)/C=C/CC/C=C/CCCCCCCCCC. The zero-order valence-electron chi connectivity index (χ0n) is 26.0. The quantitative estimate of drug-likeness (QED) is 0.0417. The molecule has 0 heterocycles. The van der Waals surface area contributed by atoms with Crippen LogP contribution in [0.15, 0.2) is 36.5 Å². The zero-order valence-corrected chi connectivity index (χ0v) is 26.8. The van der Waals surface area contributed by atoms with Crippen LogP contribution in [-0.4, -0.2) is 53.1 Å². The van der Waals surface area contributed by atoms with E-state index in [9.17, 15) is 28.0 Å². The van der Waals surface area contributed by atoms with Gasteiger partial charge in [0.15, 0.2) is 0 Å². The molecule has 7 nitrogen and oxygen atoms in total. The van der Waals surface area contributed by atoms with E-state index >= 15 is 0 Å². The number of amides is 1. The third-order valence-corrected chi connectivity index (χ3v) is 7.93. The average molecular weight is 600 g/mol. The Morgan fingerprint density at radius 1 is 0.659 bits per heavy atom. The summed E-state index contributed by atoms with van der Waals surface area (Å²) in [6, 6.07) is -1.25. The molecule has 0 aliphatic heterocycles. The van der Waals surface area contributed by atoms with Gasteiger partial charge >= 0.3 is 0 Å². The van der Waals surface area contributed by atoms with E-state index in [1.54, 1.807) is 6.08 Å². The number of unbranched alkanes of at least 4 members (excludes halogenated alkanes) is 15. The summed E-state index contributed by atoms with van der Waals surface area (Å²) in [5.74, 6) is -1.57. The Hall–Kier alpha value is -1.48. The number of allylic oxidation sites excluding steroid dienone is 5. The lowest BCUT2D eigenvalue weighted by molar-refractivity contribution is -0.130. The summed E-state index contributed by atoms with van der Waals surface area (Å²) in [6.07, 6.45) is 30.7. The van der Waals surface area contributed by atoms with Crippen LogP contribution in [0.4, 0.5) is 0 Å². The molecule has 3 unspecified atom stereocenters. The third kappa shape index (κ3) is 27.1. The van der Waals surface area contributed by atoms with Gasteiger partial charge in [-0.05, 0) is 51.4 Å². The molecule has 8 heteroatoms. The van der Waals surface area contributed by atoms with Gasteiger partial charge in [-0.25, -0.2) is 0 Å². The number of carbonyl (C=O) groups is 1. The van der Waals surface area contributed by atoms with Crippen LogP contribution in [0, 0.1) is 0 Å². The fourth-order valence-corrected chi connectivity index (χ4v) is 5.30. The summed E-state index contributed by atoms with van der Waals surface area (Å²) in [7, 11) is -4.44. The predicted octanol–water partition coefficient (Wildman–Crippen LogP) is 7.59. The molecule has 1 amide bonds. The standard InChI is InChI=1S/C33H61NO6S/c1-3-5-7-9-11-13-15-16-17-18-20-21-23-25-27-31(35)30(29-41(38,39)40)34-33(37)32(36)28-26-24-22-19-14-12-10-8-6-4-2/h10,12,18,20,25,27,30-32,35-36H,3-9,11,13-17,19,21-24,26,28-29H2,1-2H3,(H,34,37)(H,38,39,40)/b12-10-,20-18+,27-25+. The number of aliphatic hydroxyl groups is 2. The molecule has 0 spiro atoms. The van der Waals surface area contributed by atoms with Crippen molar-refractivity contribution in [2.24, 2.45) is 0 Å². The Kier molecular flexibility index (Phi) is 26.4. The van der Waals surface area contributed by atoms with Gasteiger partial charge in [0.25, 0.3) is 10.1 Å². The Bertz CT molecular complexity index is 809. The highest BCUT2D eigenvalue weighted by molar-refractivity contribution is 7.85. The summed E-state index contributed by atoms with van der Waals surface area (Å²) in [5, 5.41) is 23.1. The summed E-state index contributed by atoms with van der Waals surface area (Å²) in [6.45, 7) is 4.41. The molecular weight excluding hydrogens is 538 g/mol. The largest absolute Gasteiger partial charge is 0.387 e. The second kappa shape index (κ2) is 27.4. The van der Waals surface area contributed by atoms with Crippen molar-refractivity contribution in [3.05, 3.63) is 36.5 Å².